The molecule has 0 aliphatic heterocycles. The van der Waals surface area contributed by atoms with Crippen LogP contribution in [-0.2, 0) is 4.74 Å². The molecule has 0 unspecified atom stereocenters. The van der Waals surface area contributed by atoms with Crippen molar-refractivity contribution < 1.29 is 23.8 Å². The highest BCUT2D eigenvalue weighted by molar-refractivity contribution is 9.10. The van der Waals surface area contributed by atoms with Crippen molar-refractivity contribution in [2.75, 3.05) is 7.11 Å². The molecule has 19 heavy (non-hydrogen) atoms. The molecule has 0 aromatic carbocycles. The van der Waals surface area contributed by atoms with Gasteiger partial charge in [-0.15, -0.1) is 0 Å². The van der Waals surface area contributed by atoms with Gasteiger partial charge in [0.25, 0.3) is 0 Å². The van der Waals surface area contributed by atoms with E-state index >= 15 is 0 Å². The third-order valence-corrected chi connectivity index (χ3v) is 3.48. The number of hydrogen-bond donors (Lipinski definition) is 1. The van der Waals surface area contributed by atoms with Gasteiger partial charge in [-0.3, -0.25) is 0 Å². The quantitative estimate of drug-likeness (QED) is 0.844. The molecule has 0 radical (unpaired) electrons. The van der Waals surface area contributed by atoms with Gasteiger partial charge < -0.3 is 19.0 Å². The summed E-state index contributed by atoms with van der Waals surface area (Å²) >= 11 is 3.16. The van der Waals surface area contributed by atoms with Crippen LogP contribution < -0.4 is 10.4 Å². The van der Waals surface area contributed by atoms with Crippen molar-refractivity contribution in [3.05, 3.63) is 26.7 Å². The normalized spacial score (nSPS) is 22.3. The van der Waals surface area contributed by atoms with E-state index in [-0.39, 0.29) is 17.6 Å². The monoisotopic (exact) mass is 332 g/mol. The first-order valence-corrected chi connectivity index (χ1v) is 6.57. The molecule has 0 saturated heterocycles. The minimum absolute atomic E-state index is 0.00625. The number of ether oxygens (including phenoxy) is 2. The molecule has 1 saturated carbocycles. The molecule has 1 heterocycles. The van der Waals surface area contributed by atoms with Crippen LogP contribution in [0.2, 0.25) is 0 Å². The number of carbonyl (C=O) groups excluding carboxylic acids is 1. The van der Waals surface area contributed by atoms with E-state index in [1.165, 1.54) is 13.2 Å². The molecule has 7 heteroatoms. The number of halogens is 1. The molecule has 0 bridgehead atoms. The van der Waals surface area contributed by atoms with E-state index in [9.17, 15) is 14.7 Å². The predicted molar refractivity (Wildman–Crippen MR) is 68.3 cm³/mol. The second-order valence-corrected chi connectivity index (χ2v) is 5.13. The molecule has 0 amide bonds. The Bertz CT molecular complexity index is 538. The Morgan fingerprint density at radius 3 is 2.79 bits per heavy atom. The highest BCUT2D eigenvalue weighted by Gasteiger charge is 2.27. The maximum atomic E-state index is 11.8. The molecular formula is C12H13BrO6. The summed E-state index contributed by atoms with van der Waals surface area (Å²) in [4.78, 5) is 23.0. The molecule has 1 aliphatic carbocycles. The van der Waals surface area contributed by atoms with E-state index in [4.69, 9.17) is 9.15 Å². The summed E-state index contributed by atoms with van der Waals surface area (Å²) < 4.78 is 15.1. The van der Waals surface area contributed by atoms with Crippen molar-refractivity contribution in [1.29, 1.82) is 0 Å². The standard InChI is InChI=1S/C12H13BrO6/c1-17-11(15)9-5-8(13)10(12(16)19-9)18-7-3-2-6(14)4-7/h5-7,14H,2-4H2,1H3/t6-,7+/m1/s1. The number of rotatable bonds is 3. The van der Waals surface area contributed by atoms with E-state index in [0.717, 1.165) is 0 Å². The minimum atomic E-state index is -0.754. The Morgan fingerprint density at radius 2 is 2.26 bits per heavy atom. The van der Waals surface area contributed by atoms with Crippen LogP contribution in [0, 0.1) is 0 Å². The summed E-state index contributed by atoms with van der Waals surface area (Å²) in [6.45, 7) is 0. The third kappa shape index (κ3) is 3.16. The first kappa shape index (κ1) is 14.1. The van der Waals surface area contributed by atoms with E-state index in [0.29, 0.717) is 23.7 Å². The number of aliphatic hydroxyl groups excluding tert-OH is 1. The lowest BCUT2D eigenvalue weighted by molar-refractivity contribution is 0.0557. The number of aliphatic hydroxyl groups is 1. The fourth-order valence-corrected chi connectivity index (χ4v) is 2.41. The number of carbonyl (C=O) groups is 1. The van der Waals surface area contributed by atoms with Crippen molar-refractivity contribution in [2.24, 2.45) is 0 Å². The van der Waals surface area contributed by atoms with Gasteiger partial charge in [-0.1, -0.05) is 0 Å². The lowest BCUT2D eigenvalue weighted by atomic mass is 10.3. The van der Waals surface area contributed by atoms with E-state index in [2.05, 4.69) is 20.7 Å². The largest absolute Gasteiger partial charge is 0.482 e. The summed E-state index contributed by atoms with van der Waals surface area (Å²) in [6.07, 6.45) is 1.17. The molecule has 1 aromatic rings. The second kappa shape index (κ2) is 5.75. The SMILES string of the molecule is COC(=O)c1cc(Br)c(O[C@H]2CC[C@@H](O)C2)c(=O)o1. The Balaban J connectivity index is 2.22. The lowest BCUT2D eigenvalue weighted by Gasteiger charge is -2.13. The van der Waals surface area contributed by atoms with Crippen molar-refractivity contribution in [3.63, 3.8) is 0 Å². The molecule has 1 N–H and O–H groups in total. The van der Waals surface area contributed by atoms with E-state index < -0.39 is 17.7 Å². The van der Waals surface area contributed by atoms with Gasteiger partial charge in [-0.25, -0.2) is 9.59 Å². The molecule has 1 aliphatic rings. The van der Waals surface area contributed by atoms with E-state index in [1.807, 2.05) is 0 Å². The Kier molecular flexibility index (Phi) is 4.26. The van der Waals surface area contributed by atoms with Crippen LogP contribution in [0.4, 0.5) is 0 Å². The molecule has 0 spiro atoms. The van der Waals surface area contributed by atoms with Gasteiger partial charge in [0.2, 0.25) is 11.5 Å². The Morgan fingerprint density at radius 1 is 1.53 bits per heavy atom. The number of hydrogen-bond acceptors (Lipinski definition) is 6. The Labute approximate surface area is 117 Å². The number of methoxy groups -OCH3 is 1. The van der Waals surface area contributed by atoms with Gasteiger partial charge in [0.1, 0.15) is 6.10 Å². The molecular weight excluding hydrogens is 320 g/mol. The fourth-order valence-electron chi connectivity index (χ4n) is 1.95. The summed E-state index contributed by atoms with van der Waals surface area (Å²) in [5.74, 6) is -0.925. The van der Waals surface area contributed by atoms with Crippen LogP contribution in [0.25, 0.3) is 0 Å². The molecule has 1 aromatic heterocycles. The fraction of sp³-hybridized carbons (Fsp3) is 0.500. The van der Waals surface area contributed by atoms with Gasteiger partial charge in [-0.05, 0) is 28.8 Å². The average Bonchev–Trinajstić information content (AvgIpc) is 2.78. The lowest BCUT2D eigenvalue weighted by Crippen LogP contribution is -2.19. The summed E-state index contributed by atoms with van der Waals surface area (Å²) in [5.41, 5.74) is -0.754. The van der Waals surface area contributed by atoms with Crippen LogP contribution in [0.3, 0.4) is 0 Å². The summed E-state index contributed by atoms with van der Waals surface area (Å²) in [5, 5.41) is 9.41. The van der Waals surface area contributed by atoms with Crippen molar-refractivity contribution >= 4 is 21.9 Å². The zero-order chi connectivity index (χ0) is 14.0. The van der Waals surface area contributed by atoms with E-state index in [1.54, 1.807) is 0 Å². The maximum Gasteiger partial charge on any atom is 0.380 e. The van der Waals surface area contributed by atoms with Crippen LogP contribution >= 0.6 is 15.9 Å². The zero-order valence-corrected chi connectivity index (χ0v) is 11.8. The molecule has 6 nitrogen and oxygen atoms in total. The Hall–Kier alpha value is -1.34. The molecule has 2 atom stereocenters. The highest BCUT2D eigenvalue weighted by Crippen LogP contribution is 2.28. The van der Waals surface area contributed by atoms with Crippen LogP contribution in [0.5, 0.6) is 5.75 Å². The van der Waals surface area contributed by atoms with Crippen molar-refractivity contribution in [2.45, 2.75) is 31.5 Å². The highest BCUT2D eigenvalue weighted by atomic mass is 79.9. The minimum Gasteiger partial charge on any atom is -0.482 e. The molecule has 2 rings (SSSR count). The van der Waals surface area contributed by atoms with Gasteiger partial charge in [0.15, 0.2) is 0 Å². The first-order valence-electron chi connectivity index (χ1n) is 5.78. The zero-order valence-electron chi connectivity index (χ0n) is 10.2. The van der Waals surface area contributed by atoms with Crippen LogP contribution in [-0.4, -0.2) is 30.4 Å². The molecule has 1 fully saturated rings. The topological polar surface area (TPSA) is 86.0 Å². The molecule has 104 valence electrons. The predicted octanol–water partition coefficient (Wildman–Crippen LogP) is 1.48. The first-order chi connectivity index (χ1) is 9.01. The van der Waals surface area contributed by atoms with Crippen molar-refractivity contribution in [1.82, 2.24) is 0 Å². The maximum absolute atomic E-state index is 11.8. The van der Waals surface area contributed by atoms with Gasteiger partial charge in [0.05, 0.1) is 17.7 Å². The second-order valence-electron chi connectivity index (χ2n) is 4.27. The summed E-state index contributed by atoms with van der Waals surface area (Å²) in [7, 11) is 1.20. The van der Waals surface area contributed by atoms with Gasteiger partial charge in [-0.2, -0.15) is 0 Å². The van der Waals surface area contributed by atoms with Crippen LogP contribution in [0.15, 0.2) is 19.8 Å². The van der Waals surface area contributed by atoms with Crippen molar-refractivity contribution in [3.8, 4) is 5.75 Å². The van der Waals surface area contributed by atoms with Gasteiger partial charge >= 0.3 is 11.6 Å². The van der Waals surface area contributed by atoms with Crippen LogP contribution in [0.1, 0.15) is 29.8 Å². The smallest absolute Gasteiger partial charge is 0.380 e. The summed E-state index contributed by atoms with van der Waals surface area (Å²) in [6, 6.07) is 1.33. The van der Waals surface area contributed by atoms with Gasteiger partial charge in [0, 0.05) is 12.5 Å². The number of esters is 1. The third-order valence-electron chi connectivity index (χ3n) is 2.89. The average molecular weight is 333 g/mol.